The minimum absolute atomic E-state index is 0.192. The summed E-state index contributed by atoms with van der Waals surface area (Å²) in [4.78, 5) is 42.8. The number of rotatable bonds is 39. The van der Waals surface area contributed by atoms with Gasteiger partial charge in [-0.2, -0.15) is 0 Å². The highest BCUT2D eigenvalue weighted by Gasteiger charge is 2.22. The van der Waals surface area contributed by atoms with E-state index in [4.69, 9.17) is 19.3 Å². The van der Waals surface area contributed by atoms with Crippen molar-refractivity contribution in [3.8, 4) is 0 Å². The quantitative estimate of drug-likeness (QED) is 0.0275. The molecule has 0 radical (unpaired) electrons. The fourth-order valence-corrected chi connectivity index (χ4v) is 6.26. The van der Waals surface area contributed by atoms with Gasteiger partial charge in [0.05, 0.1) is 6.61 Å². The first-order valence-corrected chi connectivity index (χ1v) is 23.0. The van der Waals surface area contributed by atoms with Crippen molar-refractivity contribution in [3.63, 3.8) is 0 Å². The summed E-state index contributed by atoms with van der Waals surface area (Å²) in [6.07, 6.45) is 48.4. The average Bonchev–Trinajstić information content (AvgIpc) is 3.13. The highest BCUT2D eigenvalue weighted by atomic mass is 31.2. The number of allylic oxidation sites excluding steroid dienone is 8. The maximum atomic E-state index is 12.4. The fraction of sp³-hybridized carbons (Fsp3) is 0.773. The van der Waals surface area contributed by atoms with Crippen LogP contribution in [0.3, 0.4) is 0 Å². The van der Waals surface area contributed by atoms with Crippen LogP contribution >= 0.6 is 7.82 Å². The number of carbonyl (C=O) groups excluding carboxylic acids is 2. The van der Waals surface area contributed by atoms with Gasteiger partial charge >= 0.3 is 19.8 Å². The molecule has 0 saturated heterocycles. The van der Waals surface area contributed by atoms with Crippen molar-refractivity contribution >= 4 is 19.8 Å². The molecule has 0 aromatic rings. The van der Waals surface area contributed by atoms with E-state index in [1.54, 1.807) is 0 Å². The molecule has 8 nitrogen and oxygen atoms in total. The predicted molar refractivity (Wildman–Crippen MR) is 221 cm³/mol. The molecule has 0 aliphatic rings. The van der Waals surface area contributed by atoms with Gasteiger partial charge in [-0.25, -0.2) is 4.57 Å². The van der Waals surface area contributed by atoms with Gasteiger partial charge in [-0.1, -0.05) is 184 Å². The fourth-order valence-electron chi connectivity index (χ4n) is 5.90. The molecule has 0 aromatic heterocycles. The van der Waals surface area contributed by atoms with E-state index in [1.807, 2.05) is 6.08 Å². The zero-order chi connectivity index (χ0) is 38.9. The molecule has 308 valence electrons. The zero-order valence-electron chi connectivity index (χ0n) is 33.9. The third-order valence-electron chi connectivity index (χ3n) is 9.10. The Bertz CT molecular complexity index is 999. The SMILES string of the molecule is CCCCC/C=C\C/C=C\C/C=C\C/C=C\CCCC(=O)OC[C@H](COP(=O)(O)O)OC(=O)CCCCCCCCCCCCCCCCCCCC. The van der Waals surface area contributed by atoms with Crippen molar-refractivity contribution in [1.29, 1.82) is 0 Å². The molecule has 9 heteroatoms. The number of carbonyl (C=O) groups is 2. The molecule has 0 aromatic carbocycles. The van der Waals surface area contributed by atoms with Gasteiger partial charge in [0, 0.05) is 12.8 Å². The second-order valence-electron chi connectivity index (χ2n) is 14.3. The summed E-state index contributed by atoms with van der Waals surface area (Å²) >= 11 is 0. The smallest absolute Gasteiger partial charge is 0.462 e. The summed E-state index contributed by atoms with van der Waals surface area (Å²) in [5.41, 5.74) is 0. The lowest BCUT2D eigenvalue weighted by Crippen LogP contribution is -2.29. The normalized spacial score (nSPS) is 12.9. The van der Waals surface area contributed by atoms with Crippen LogP contribution in [0.15, 0.2) is 48.6 Å². The van der Waals surface area contributed by atoms with E-state index in [9.17, 15) is 14.2 Å². The van der Waals surface area contributed by atoms with Gasteiger partial charge in [0.1, 0.15) is 6.61 Å². The molecule has 0 rings (SSSR count). The Morgan fingerprint density at radius 2 is 0.868 bits per heavy atom. The second-order valence-corrected chi connectivity index (χ2v) is 15.6. The molecular weight excluding hydrogens is 687 g/mol. The van der Waals surface area contributed by atoms with Crippen molar-refractivity contribution in [2.75, 3.05) is 13.2 Å². The average molecular weight is 767 g/mol. The van der Waals surface area contributed by atoms with E-state index in [0.29, 0.717) is 12.8 Å². The lowest BCUT2D eigenvalue weighted by molar-refractivity contribution is -0.161. The van der Waals surface area contributed by atoms with Crippen LogP contribution in [-0.4, -0.2) is 41.0 Å². The minimum Gasteiger partial charge on any atom is -0.462 e. The Balaban J connectivity index is 3.98. The van der Waals surface area contributed by atoms with Crippen LogP contribution in [0.1, 0.15) is 200 Å². The Morgan fingerprint density at radius 3 is 1.32 bits per heavy atom. The van der Waals surface area contributed by atoms with Crippen LogP contribution in [0, 0.1) is 0 Å². The summed E-state index contributed by atoms with van der Waals surface area (Å²) in [6, 6.07) is 0. The van der Waals surface area contributed by atoms with E-state index in [1.165, 1.54) is 116 Å². The van der Waals surface area contributed by atoms with Crippen molar-refractivity contribution in [2.24, 2.45) is 0 Å². The summed E-state index contributed by atoms with van der Waals surface area (Å²) in [5.74, 6) is -0.945. The van der Waals surface area contributed by atoms with Crippen molar-refractivity contribution in [1.82, 2.24) is 0 Å². The van der Waals surface area contributed by atoms with Crippen LogP contribution in [0.5, 0.6) is 0 Å². The lowest BCUT2D eigenvalue weighted by atomic mass is 10.0. The molecule has 0 spiro atoms. The number of esters is 2. The van der Waals surface area contributed by atoms with Gasteiger partial charge in [-0.3, -0.25) is 14.1 Å². The molecular formula is C44H79O8P. The van der Waals surface area contributed by atoms with Crippen molar-refractivity contribution in [3.05, 3.63) is 48.6 Å². The van der Waals surface area contributed by atoms with E-state index in [0.717, 1.165) is 44.9 Å². The van der Waals surface area contributed by atoms with Gasteiger partial charge in [0.15, 0.2) is 6.10 Å². The molecule has 0 fully saturated rings. The van der Waals surface area contributed by atoms with Gasteiger partial charge in [0.2, 0.25) is 0 Å². The number of phosphoric acid groups is 1. The first kappa shape index (κ1) is 51.0. The van der Waals surface area contributed by atoms with E-state index >= 15 is 0 Å². The second kappa shape index (κ2) is 39.7. The van der Waals surface area contributed by atoms with Crippen LogP contribution in [0.25, 0.3) is 0 Å². The predicted octanol–water partition coefficient (Wildman–Crippen LogP) is 13.1. The van der Waals surface area contributed by atoms with Gasteiger partial charge < -0.3 is 19.3 Å². The maximum absolute atomic E-state index is 12.4. The van der Waals surface area contributed by atoms with Crippen molar-refractivity contribution < 1.29 is 37.9 Å². The van der Waals surface area contributed by atoms with Crippen LogP contribution in [-0.2, 0) is 28.2 Å². The lowest BCUT2D eigenvalue weighted by Gasteiger charge is -2.18. The third kappa shape index (κ3) is 42.6. The van der Waals surface area contributed by atoms with E-state index in [2.05, 4.69) is 60.9 Å². The van der Waals surface area contributed by atoms with Crippen LogP contribution in [0.4, 0.5) is 0 Å². The Labute approximate surface area is 324 Å². The largest absolute Gasteiger partial charge is 0.469 e. The number of hydrogen-bond acceptors (Lipinski definition) is 6. The molecule has 53 heavy (non-hydrogen) atoms. The summed E-state index contributed by atoms with van der Waals surface area (Å²) in [5, 5.41) is 0. The van der Waals surface area contributed by atoms with Crippen LogP contribution < -0.4 is 0 Å². The van der Waals surface area contributed by atoms with Crippen LogP contribution in [0.2, 0.25) is 0 Å². The molecule has 0 unspecified atom stereocenters. The monoisotopic (exact) mass is 767 g/mol. The Morgan fingerprint density at radius 1 is 0.491 bits per heavy atom. The highest BCUT2D eigenvalue weighted by molar-refractivity contribution is 7.46. The minimum atomic E-state index is -4.77. The zero-order valence-corrected chi connectivity index (χ0v) is 34.8. The Kier molecular flexibility index (Phi) is 38.2. The molecule has 0 aliphatic carbocycles. The molecule has 0 bridgehead atoms. The highest BCUT2D eigenvalue weighted by Crippen LogP contribution is 2.36. The molecule has 0 amide bonds. The number of ether oxygens (including phenoxy) is 2. The first-order chi connectivity index (χ1) is 25.8. The number of phosphoric ester groups is 1. The molecule has 1 atom stereocenters. The van der Waals surface area contributed by atoms with Gasteiger partial charge in [0.25, 0.3) is 0 Å². The third-order valence-corrected chi connectivity index (χ3v) is 9.59. The van der Waals surface area contributed by atoms with E-state index < -0.39 is 32.5 Å². The van der Waals surface area contributed by atoms with E-state index in [-0.39, 0.29) is 19.4 Å². The Hall–Kier alpha value is -1.99. The summed E-state index contributed by atoms with van der Waals surface area (Å²) in [6.45, 7) is 3.62. The summed E-state index contributed by atoms with van der Waals surface area (Å²) < 4.78 is 26.4. The summed E-state index contributed by atoms with van der Waals surface area (Å²) in [7, 11) is -4.77. The van der Waals surface area contributed by atoms with Gasteiger partial charge in [-0.05, 0) is 51.4 Å². The molecule has 2 N–H and O–H groups in total. The van der Waals surface area contributed by atoms with Gasteiger partial charge in [-0.15, -0.1) is 0 Å². The first-order valence-electron chi connectivity index (χ1n) is 21.4. The number of unbranched alkanes of at least 4 members (excludes halogenated alkanes) is 21. The molecule has 0 aliphatic heterocycles. The number of hydrogen-bond donors (Lipinski definition) is 2. The molecule has 0 heterocycles. The molecule has 0 saturated carbocycles. The van der Waals surface area contributed by atoms with Crippen molar-refractivity contribution in [2.45, 2.75) is 206 Å². The standard InChI is InChI=1S/C44H79O8P/c1-3-5-7-9-11-13-15-17-19-21-23-25-27-29-31-33-35-37-39-44(46)52-42(41-51-53(47,48)49)40-50-43(45)38-36-34-32-30-28-26-24-22-20-18-16-14-12-10-8-6-4-2/h12,14,18,20,24,26,30,32,42H,3-11,13,15-17,19,21-23,25,27-29,31,33-41H2,1-2H3,(H2,47,48,49)/b14-12-,20-18-,26-24-,32-30-/t42-/m1/s1. The maximum Gasteiger partial charge on any atom is 0.469 e. The topological polar surface area (TPSA) is 119 Å².